The van der Waals surface area contributed by atoms with Crippen molar-refractivity contribution in [2.75, 3.05) is 7.11 Å². The van der Waals surface area contributed by atoms with E-state index in [0.717, 1.165) is 5.56 Å². The molecular formula is C23H17NO4. The molecule has 0 atom stereocenters. The quantitative estimate of drug-likeness (QED) is 0.378. The molecule has 28 heavy (non-hydrogen) atoms. The van der Waals surface area contributed by atoms with Crippen molar-refractivity contribution >= 4 is 34.4 Å². The molecule has 4 aromatic rings. The number of rotatable bonds is 4. The van der Waals surface area contributed by atoms with Crippen molar-refractivity contribution in [1.82, 2.24) is 4.57 Å². The minimum Gasteiger partial charge on any atom is -0.465 e. The van der Waals surface area contributed by atoms with Gasteiger partial charge in [-0.15, -0.1) is 0 Å². The average molecular weight is 371 g/mol. The molecule has 0 saturated carbocycles. The van der Waals surface area contributed by atoms with Gasteiger partial charge in [-0.25, -0.2) is 4.79 Å². The molecule has 138 valence electrons. The summed E-state index contributed by atoms with van der Waals surface area (Å²) in [6, 6.07) is 20.1. The molecule has 0 amide bonds. The van der Waals surface area contributed by atoms with Gasteiger partial charge in [-0.05, 0) is 29.8 Å². The van der Waals surface area contributed by atoms with E-state index in [4.69, 9.17) is 9.15 Å². The molecule has 5 heteroatoms. The van der Waals surface area contributed by atoms with Crippen molar-refractivity contribution in [1.29, 1.82) is 0 Å². The minimum absolute atomic E-state index is 0.269. The molecule has 2 heterocycles. The number of furan rings is 1. The number of ether oxygens (including phenoxy) is 1. The summed E-state index contributed by atoms with van der Waals surface area (Å²) in [4.78, 5) is 25.7. The number of fused-ring (bicyclic) bond motifs is 1. The maximum Gasteiger partial charge on any atom is 0.340 e. The molecule has 0 fully saturated rings. The molecular weight excluding hydrogens is 354 g/mol. The lowest BCUT2D eigenvalue weighted by Crippen LogP contribution is -2.12. The number of benzene rings is 2. The van der Waals surface area contributed by atoms with Crippen LogP contribution >= 0.6 is 0 Å². The van der Waals surface area contributed by atoms with Crippen molar-refractivity contribution in [3.8, 4) is 0 Å². The zero-order valence-corrected chi connectivity index (χ0v) is 15.2. The summed E-state index contributed by atoms with van der Waals surface area (Å²) in [5.74, 6) is -0.190. The number of methoxy groups -OCH3 is 1. The first-order valence-electron chi connectivity index (χ1n) is 8.73. The van der Waals surface area contributed by atoms with Crippen LogP contribution in [-0.4, -0.2) is 23.6 Å². The Morgan fingerprint density at radius 2 is 1.71 bits per heavy atom. The Morgan fingerprint density at radius 1 is 0.964 bits per heavy atom. The summed E-state index contributed by atoms with van der Waals surface area (Å²) < 4.78 is 11.8. The summed E-state index contributed by atoms with van der Waals surface area (Å²) >= 11 is 0. The number of nitrogens with zero attached hydrogens (tertiary/aromatic N) is 1. The molecule has 0 aliphatic carbocycles. The molecule has 4 rings (SSSR count). The SMILES string of the molecule is COC(=O)c1cn(C(=O)/C(=C/c2ccco2)c2ccccc2)c2ccccc12. The van der Waals surface area contributed by atoms with Crippen molar-refractivity contribution in [2.45, 2.75) is 0 Å². The van der Waals surface area contributed by atoms with Gasteiger partial charge in [0, 0.05) is 11.6 Å². The number of carbonyl (C=O) groups is 2. The van der Waals surface area contributed by atoms with Crippen LogP contribution in [0, 0.1) is 0 Å². The van der Waals surface area contributed by atoms with Gasteiger partial charge in [0.05, 0.1) is 30.0 Å². The smallest absolute Gasteiger partial charge is 0.340 e. The number of esters is 1. The van der Waals surface area contributed by atoms with Crippen LogP contribution in [0.5, 0.6) is 0 Å². The van der Waals surface area contributed by atoms with Crippen LogP contribution in [0.25, 0.3) is 22.6 Å². The lowest BCUT2D eigenvalue weighted by molar-refractivity contribution is 0.0603. The van der Waals surface area contributed by atoms with Gasteiger partial charge in [-0.2, -0.15) is 0 Å². The van der Waals surface area contributed by atoms with Crippen molar-refractivity contribution in [3.63, 3.8) is 0 Å². The largest absolute Gasteiger partial charge is 0.465 e. The van der Waals surface area contributed by atoms with Crippen molar-refractivity contribution in [3.05, 3.63) is 96.1 Å². The van der Waals surface area contributed by atoms with Crippen LogP contribution in [0.15, 0.2) is 83.6 Å². The number of hydrogen-bond donors (Lipinski definition) is 0. The third kappa shape index (κ3) is 3.14. The molecule has 0 unspecified atom stereocenters. The van der Waals surface area contributed by atoms with Gasteiger partial charge < -0.3 is 9.15 Å². The predicted octanol–water partition coefficient (Wildman–Crippen LogP) is 4.90. The maximum atomic E-state index is 13.5. The maximum absolute atomic E-state index is 13.5. The highest BCUT2D eigenvalue weighted by molar-refractivity contribution is 6.27. The molecule has 0 radical (unpaired) electrons. The second kappa shape index (κ2) is 7.40. The van der Waals surface area contributed by atoms with Gasteiger partial charge in [0.25, 0.3) is 5.91 Å². The van der Waals surface area contributed by atoms with Crippen molar-refractivity contribution in [2.24, 2.45) is 0 Å². The summed E-state index contributed by atoms with van der Waals surface area (Å²) in [7, 11) is 1.32. The fourth-order valence-corrected chi connectivity index (χ4v) is 3.15. The molecule has 0 spiro atoms. The Hall–Kier alpha value is -3.86. The predicted molar refractivity (Wildman–Crippen MR) is 107 cm³/mol. The first-order chi connectivity index (χ1) is 13.7. The van der Waals surface area contributed by atoms with E-state index in [2.05, 4.69) is 0 Å². The zero-order valence-electron chi connectivity index (χ0n) is 15.2. The van der Waals surface area contributed by atoms with Crippen LogP contribution in [0.1, 0.15) is 26.5 Å². The third-order valence-electron chi connectivity index (χ3n) is 4.48. The number of hydrogen-bond acceptors (Lipinski definition) is 4. The Morgan fingerprint density at radius 3 is 2.43 bits per heavy atom. The van der Waals surface area contributed by atoms with E-state index in [-0.39, 0.29) is 5.91 Å². The lowest BCUT2D eigenvalue weighted by atomic mass is 10.0. The zero-order chi connectivity index (χ0) is 19.5. The number of para-hydroxylation sites is 1. The van der Waals surface area contributed by atoms with Gasteiger partial charge >= 0.3 is 5.97 Å². The Kier molecular flexibility index (Phi) is 4.64. The normalized spacial score (nSPS) is 11.5. The standard InChI is InChI=1S/C23H17NO4/c1-27-23(26)20-15-24(21-12-6-5-11-18(20)21)22(25)19(14-17-10-7-13-28-17)16-8-3-2-4-9-16/h2-15H,1H3/b19-14+. The molecule has 5 nitrogen and oxygen atoms in total. The van der Waals surface area contributed by atoms with Crippen LogP contribution in [0.4, 0.5) is 0 Å². The van der Waals surface area contributed by atoms with E-state index >= 15 is 0 Å². The molecule has 0 saturated heterocycles. The minimum atomic E-state index is -0.487. The van der Waals surface area contributed by atoms with Crippen LogP contribution in [0.2, 0.25) is 0 Å². The highest BCUT2D eigenvalue weighted by atomic mass is 16.5. The second-order valence-electron chi connectivity index (χ2n) is 6.17. The number of allylic oxidation sites excluding steroid dienone is 1. The van der Waals surface area contributed by atoms with E-state index in [1.807, 2.05) is 42.5 Å². The first-order valence-corrected chi connectivity index (χ1v) is 8.73. The molecule has 2 aromatic carbocycles. The van der Waals surface area contributed by atoms with Gasteiger partial charge in [-0.1, -0.05) is 48.5 Å². The summed E-state index contributed by atoms with van der Waals surface area (Å²) in [6.07, 6.45) is 4.78. The second-order valence-corrected chi connectivity index (χ2v) is 6.17. The first kappa shape index (κ1) is 17.5. The highest BCUT2D eigenvalue weighted by Crippen LogP contribution is 2.27. The van der Waals surface area contributed by atoms with Crippen LogP contribution in [-0.2, 0) is 4.74 Å². The average Bonchev–Trinajstić information content (AvgIpc) is 3.39. The number of carbonyl (C=O) groups excluding carboxylic acids is 2. The molecule has 0 aliphatic heterocycles. The van der Waals surface area contributed by atoms with Gasteiger partial charge in [0.2, 0.25) is 0 Å². The van der Waals surface area contributed by atoms with Crippen LogP contribution < -0.4 is 0 Å². The summed E-state index contributed by atoms with van der Waals surface area (Å²) in [5, 5.41) is 0.660. The van der Waals surface area contributed by atoms with Crippen molar-refractivity contribution < 1.29 is 18.7 Å². The summed E-state index contributed by atoms with van der Waals surface area (Å²) in [5.41, 5.74) is 2.18. The van der Waals surface area contributed by atoms with E-state index in [0.29, 0.717) is 27.8 Å². The fraction of sp³-hybridized carbons (Fsp3) is 0.0435. The summed E-state index contributed by atoms with van der Waals surface area (Å²) in [6.45, 7) is 0. The highest BCUT2D eigenvalue weighted by Gasteiger charge is 2.21. The molecule has 0 N–H and O–H groups in total. The van der Waals surface area contributed by atoms with E-state index in [9.17, 15) is 9.59 Å². The fourth-order valence-electron chi connectivity index (χ4n) is 3.15. The Labute approximate surface area is 161 Å². The molecule has 0 bridgehead atoms. The van der Waals surface area contributed by atoms with E-state index < -0.39 is 5.97 Å². The lowest BCUT2D eigenvalue weighted by Gasteiger charge is -2.09. The number of aromatic nitrogens is 1. The monoisotopic (exact) mass is 371 g/mol. The molecule has 0 aliphatic rings. The third-order valence-corrected chi connectivity index (χ3v) is 4.48. The topological polar surface area (TPSA) is 61.4 Å². The van der Waals surface area contributed by atoms with Gasteiger partial charge in [0.1, 0.15) is 5.76 Å². The Balaban J connectivity index is 1.90. The van der Waals surface area contributed by atoms with Gasteiger partial charge in [0.15, 0.2) is 0 Å². The Bertz CT molecular complexity index is 1170. The van der Waals surface area contributed by atoms with Gasteiger partial charge in [-0.3, -0.25) is 9.36 Å². The molecule has 2 aromatic heterocycles. The van der Waals surface area contributed by atoms with E-state index in [1.165, 1.54) is 17.9 Å². The van der Waals surface area contributed by atoms with E-state index in [1.54, 1.807) is 36.6 Å². The van der Waals surface area contributed by atoms with Crippen LogP contribution in [0.3, 0.4) is 0 Å².